The van der Waals surface area contributed by atoms with Crippen LogP contribution in [0.5, 0.6) is 0 Å². The summed E-state index contributed by atoms with van der Waals surface area (Å²) in [5.74, 6) is 0.865. The predicted molar refractivity (Wildman–Crippen MR) is 129 cm³/mol. The molecular weight excluding hydrogens is 431 g/mol. The van der Waals surface area contributed by atoms with Gasteiger partial charge in [0.2, 0.25) is 0 Å². The van der Waals surface area contributed by atoms with Crippen molar-refractivity contribution in [3.8, 4) is 0 Å². The van der Waals surface area contributed by atoms with E-state index >= 15 is 0 Å². The van der Waals surface area contributed by atoms with Crippen molar-refractivity contribution in [3.63, 3.8) is 0 Å². The van der Waals surface area contributed by atoms with Gasteiger partial charge in [-0.3, -0.25) is 4.90 Å². The molecule has 0 radical (unpaired) electrons. The molecular formula is C25H26Cl2N2S. The van der Waals surface area contributed by atoms with E-state index in [1.807, 2.05) is 23.5 Å². The number of hydrogen-bond acceptors (Lipinski definition) is 3. The van der Waals surface area contributed by atoms with Crippen molar-refractivity contribution in [2.24, 2.45) is 5.92 Å². The molecule has 2 bridgehead atoms. The van der Waals surface area contributed by atoms with Crippen LogP contribution >= 0.6 is 34.5 Å². The highest BCUT2D eigenvalue weighted by Crippen LogP contribution is 2.47. The quantitative estimate of drug-likeness (QED) is 0.416. The number of fused-ring (bicyclic) bond motifs is 3. The molecule has 1 aromatic heterocycles. The van der Waals surface area contributed by atoms with Crippen LogP contribution < -0.4 is 4.90 Å². The highest BCUT2D eigenvalue weighted by atomic mass is 35.5. The number of rotatable bonds is 5. The monoisotopic (exact) mass is 456 g/mol. The molecule has 3 fully saturated rings. The van der Waals surface area contributed by atoms with Gasteiger partial charge >= 0.3 is 0 Å². The first-order valence-corrected chi connectivity index (χ1v) is 12.3. The largest absolute Gasteiger partial charge is 0.362 e. The van der Waals surface area contributed by atoms with Crippen molar-refractivity contribution >= 4 is 39.5 Å². The number of piperidine rings is 3. The molecule has 0 spiro atoms. The fourth-order valence-corrected chi connectivity index (χ4v) is 6.77. The Kier molecular flexibility index (Phi) is 5.81. The van der Waals surface area contributed by atoms with Crippen molar-refractivity contribution in [2.75, 3.05) is 25.0 Å². The maximum absolute atomic E-state index is 6.82. The van der Waals surface area contributed by atoms with E-state index in [1.54, 1.807) is 0 Å². The van der Waals surface area contributed by atoms with E-state index in [0.717, 1.165) is 18.7 Å². The molecule has 2 nitrogen and oxygen atoms in total. The highest BCUT2D eigenvalue weighted by molar-refractivity contribution is 7.14. The first kappa shape index (κ1) is 20.4. The summed E-state index contributed by atoms with van der Waals surface area (Å²) in [5.41, 5.74) is 2.45. The summed E-state index contributed by atoms with van der Waals surface area (Å²) in [4.78, 5) is 5.23. The van der Waals surface area contributed by atoms with Crippen molar-refractivity contribution in [1.29, 1.82) is 0 Å². The maximum Gasteiger partial charge on any atom is 0.0909 e. The van der Waals surface area contributed by atoms with Crippen molar-refractivity contribution in [1.82, 2.24) is 4.90 Å². The van der Waals surface area contributed by atoms with Crippen LogP contribution in [0, 0.1) is 5.92 Å². The first-order chi connectivity index (χ1) is 14.6. The van der Waals surface area contributed by atoms with Gasteiger partial charge in [0.15, 0.2) is 0 Å². The van der Waals surface area contributed by atoms with E-state index in [-0.39, 0.29) is 5.92 Å². The molecule has 0 amide bonds. The Morgan fingerprint density at radius 2 is 1.73 bits per heavy atom. The number of hydrogen-bond donors (Lipinski definition) is 0. The Labute approximate surface area is 193 Å². The molecule has 0 N–H and O–H groups in total. The molecule has 0 aliphatic carbocycles. The summed E-state index contributed by atoms with van der Waals surface area (Å²) in [6.07, 6.45) is 2.53. The molecule has 4 heterocycles. The zero-order chi connectivity index (χ0) is 20.7. The van der Waals surface area contributed by atoms with E-state index in [1.165, 1.54) is 23.4 Å². The Balaban J connectivity index is 1.65. The minimum atomic E-state index is 0.174. The van der Waals surface area contributed by atoms with Crippen molar-refractivity contribution < 1.29 is 0 Å². The van der Waals surface area contributed by atoms with Gasteiger partial charge in [-0.15, -0.1) is 11.3 Å². The molecule has 3 atom stereocenters. The van der Waals surface area contributed by atoms with E-state index in [9.17, 15) is 0 Å². The van der Waals surface area contributed by atoms with E-state index in [2.05, 4.69) is 70.8 Å². The first-order valence-electron chi connectivity index (χ1n) is 10.6. The van der Waals surface area contributed by atoms with Gasteiger partial charge in [-0.2, -0.15) is 0 Å². The Morgan fingerprint density at radius 3 is 2.43 bits per heavy atom. The average molecular weight is 457 g/mol. The molecule has 3 saturated heterocycles. The molecule has 2 aromatic carbocycles. The Morgan fingerprint density at radius 1 is 0.967 bits per heavy atom. The lowest BCUT2D eigenvalue weighted by Gasteiger charge is -2.56. The van der Waals surface area contributed by atoms with E-state index < -0.39 is 0 Å². The molecule has 156 valence electrons. The van der Waals surface area contributed by atoms with Crippen LogP contribution in [0.1, 0.15) is 29.9 Å². The van der Waals surface area contributed by atoms with Crippen LogP contribution in [-0.2, 0) is 0 Å². The van der Waals surface area contributed by atoms with E-state index in [0.29, 0.717) is 28.0 Å². The SMILES string of the molecule is CN(c1cccs1)C1C2CCN(CC2)C1C(c1ccccc1)c1cccc(Cl)c1Cl. The fourth-order valence-electron chi connectivity index (χ4n) is 5.61. The molecule has 3 unspecified atom stereocenters. The van der Waals surface area contributed by atoms with Gasteiger partial charge in [-0.05, 0) is 66.6 Å². The molecule has 3 aliphatic rings. The van der Waals surface area contributed by atoms with Gasteiger partial charge in [0.25, 0.3) is 0 Å². The standard InChI is InChI=1S/C25H26Cl2N2S/c1-28(21-11-6-16-30-21)24-18-12-14-29(15-13-18)25(24)22(17-7-3-2-4-8-17)19-9-5-10-20(26)23(19)27/h2-11,16,18,22,24-25H,12-15H2,1H3. The summed E-state index contributed by atoms with van der Waals surface area (Å²) in [6.45, 7) is 2.32. The number of benzene rings is 2. The van der Waals surface area contributed by atoms with Crippen LogP contribution in [0.4, 0.5) is 5.00 Å². The van der Waals surface area contributed by atoms with E-state index in [4.69, 9.17) is 23.2 Å². The summed E-state index contributed by atoms with van der Waals surface area (Å²) in [6, 6.07) is 22.1. The minimum Gasteiger partial charge on any atom is -0.362 e. The van der Waals surface area contributed by atoms with Gasteiger partial charge in [0, 0.05) is 25.0 Å². The number of nitrogens with zero attached hydrogens (tertiary/aromatic N) is 2. The number of likely N-dealkylation sites (N-methyl/N-ethyl adjacent to an activating group) is 1. The molecule has 30 heavy (non-hydrogen) atoms. The van der Waals surface area contributed by atoms with Gasteiger partial charge in [-0.25, -0.2) is 0 Å². The third-order valence-corrected chi connectivity index (χ3v) is 8.74. The average Bonchev–Trinajstić information content (AvgIpc) is 3.33. The lowest BCUT2D eigenvalue weighted by atomic mass is 9.70. The third kappa shape index (κ3) is 3.56. The van der Waals surface area contributed by atoms with Crippen LogP contribution in [-0.4, -0.2) is 37.1 Å². The molecule has 0 saturated carbocycles. The lowest BCUT2D eigenvalue weighted by molar-refractivity contribution is 0.0188. The second-order valence-corrected chi connectivity index (χ2v) is 10.2. The summed E-state index contributed by atoms with van der Waals surface area (Å²) < 4.78 is 0. The molecule has 6 rings (SSSR count). The van der Waals surface area contributed by atoms with Gasteiger partial charge < -0.3 is 4.90 Å². The van der Waals surface area contributed by atoms with Crippen LogP contribution in [0.15, 0.2) is 66.0 Å². The number of halogens is 2. The summed E-state index contributed by atoms with van der Waals surface area (Å²) >= 11 is 15.1. The molecule has 5 heteroatoms. The summed E-state index contributed by atoms with van der Waals surface area (Å²) in [7, 11) is 2.27. The van der Waals surface area contributed by atoms with Crippen LogP contribution in [0.2, 0.25) is 10.0 Å². The lowest BCUT2D eigenvalue weighted by Crippen LogP contribution is -2.65. The molecule has 3 aromatic rings. The number of anilines is 1. The Hall–Kier alpha value is -1.52. The van der Waals surface area contributed by atoms with Crippen molar-refractivity contribution in [2.45, 2.75) is 30.8 Å². The van der Waals surface area contributed by atoms with Gasteiger partial charge in [-0.1, -0.05) is 65.7 Å². The summed E-state index contributed by atoms with van der Waals surface area (Å²) in [5, 5.41) is 4.83. The zero-order valence-corrected chi connectivity index (χ0v) is 19.4. The smallest absolute Gasteiger partial charge is 0.0909 e. The topological polar surface area (TPSA) is 6.48 Å². The highest BCUT2D eigenvalue weighted by Gasteiger charge is 2.48. The fraction of sp³-hybridized carbons (Fsp3) is 0.360. The second-order valence-electron chi connectivity index (χ2n) is 8.45. The second kappa shape index (κ2) is 8.55. The van der Waals surface area contributed by atoms with Gasteiger partial charge in [0.05, 0.1) is 15.0 Å². The van der Waals surface area contributed by atoms with Gasteiger partial charge in [0.1, 0.15) is 0 Å². The Bertz CT molecular complexity index is 984. The van der Waals surface area contributed by atoms with Crippen LogP contribution in [0.25, 0.3) is 0 Å². The van der Waals surface area contributed by atoms with Crippen LogP contribution in [0.3, 0.4) is 0 Å². The maximum atomic E-state index is 6.82. The normalized spacial score (nSPS) is 26.5. The minimum absolute atomic E-state index is 0.174. The van der Waals surface area contributed by atoms with Crippen molar-refractivity contribution in [3.05, 3.63) is 87.2 Å². The number of thiophene rings is 1. The third-order valence-electron chi connectivity index (χ3n) is 6.95. The zero-order valence-electron chi connectivity index (χ0n) is 17.0. The molecule has 3 aliphatic heterocycles. The predicted octanol–water partition coefficient (Wildman–Crippen LogP) is 6.79.